The van der Waals surface area contributed by atoms with Gasteiger partial charge in [-0.1, -0.05) is 82.5 Å². The molecule has 0 aliphatic rings. The van der Waals surface area contributed by atoms with E-state index in [4.69, 9.17) is 0 Å². The van der Waals surface area contributed by atoms with Crippen molar-refractivity contribution in [2.75, 3.05) is 11.5 Å². The minimum absolute atomic E-state index is 1.18. The summed E-state index contributed by atoms with van der Waals surface area (Å²) in [6, 6.07) is 0. The van der Waals surface area contributed by atoms with Gasteiger partial charge in [-0.25, -0.2) is 0 Å². The molecule has 0 fully saturated rings. The third-order valence-electron chi connectivity index (χ3n) is 3.90. The van der Waals surface area contributed by atoms with E-state index in [9.17, 15) is 0 Å². The van der Waals surface area contributed by atoms with Crippen molar-refractivity contribution >= 4 is 35.1 Å². The maximum atomic E-state index is 4.31. The summed E-state index contributed by atoms with van der Waals surface area (Å²) in [5.41, 5.74) is 0. The van der Waals surface area contributed by atoms with Crippen LogP contribution in [0.5, 0.6) is 0 Å². The quantitative estimate of drug-likeness (QED) is 0.222. The molecule has 0 saturated heterocycles. The molecule has 0 radical (unpaired) electrons. The number of nitrogens with zero attached hydrogens (tertiary/aromatic N) is 2. The first-order valence-corrected chi connectivity index (χ1v) is 12.2. The molecule has 0 aliphatic heterocycles. The molecule has 1 heterocycles. The van der Waals surface area contributed by atoms with E-state index < -0.39 is 0 Å². The van der Waals surface area contributed by atoms with E-state index in [2.05, 4.69) is 23.4 Å². The Morgan fingerprint density at radius 2 is 1.22 bits per heavy atom. The van der Waals surface area contributed by atoms with Crippen molar-refractivity contribution in [2.24, 2.45) is 0 Å². The zero-order chi connectivity index (χ0) is 16.6. The molecule has 0 amide bonds. The van der Waals surface area contributed by atoms with Crippen molar-refractivity contribution < 1.29 is 0 Å². The smallest absolute Gasteiger partial charge is 0.130 e. The molecule has 0 bridgehead atoms. The molecule has 1 aromatic heterocycles. The highest BCUT2D eigenvalue weighted by molar-refractivity contribution is 8.03. The van der Waals surface area contributed by atoms with E-state index in [1.165, 1.54) is 97.8 Å². The molecule has 0 aromatic carbocycles. The summed E-state index contributed by atoms with van der Waals surface area (Å²) >= 11 is 5.45. The Morgan fingerprint density at radius 1 is 0.696 bits per heavy atom. The van der Waals surface area contributed by atoms with Gasteiger partial charge in [0.15, 0.2) is 0 Å². The first kappa shape index (κ1) is 21.3. The van der Waals surface area contributed by atoms with Crippen molar-refractivity contribution in [1.82, 2.24) is 9.59 Å². The van der Waals surface area contributed by atoms with Crippen LogP contribution in [0.15, 0.2) is 9.24 Å². The highest BCUT2D eigenvalue weighted by atomic mass is 32.2. The van der Waals surface area contributed by atoms with Crippen molar-refractivity contribution in [2.45, 2.75) is 100 Å². The number of aromatic nitrogens is 2. The van der Waals surface area contributed by atoms with Gasteiger partial charge in [0.1, 0.15) is 9.24 Å². The summed E-state index contributed by atoms with van der Waals surface area (Å²) in [5.74, 6) is 2.42. The molecule has 0 saturated carbocycles. The average Bonchev–Trinajstić information content (AvgIpc) is 3.00. The summed E-state index contributed by atoms with van der Waals surface area (Å²) < 4.78 is 5.49. The second-order valence-electron chi connectivity index (χ2n) is 6.10. The molecule has 2 nitrogen and oxygen atoms in total. The van der Waals surface area contributed by atoms with E-state index in [1.54, 1.807) is 11.5 Å². The van der Waals surface area contributed by atoms with Crippen molar-refractivity contribution in [3.63, 3.8) is 0 Å². The maximum absolute atomic E-state index is 4.31. The molecule has 0 aliphatic carbocycles. The molecule has 1 aromatic rings. The Balaban J connectivity index is 2.04. The summed E-state index contributed by atoms with van der Waals surface area (Å²) in [4.78, 5) is 0. The minimum Gasteiger partial charge on any atom is -0.130 e. The zero-order valence-electron chi connectivity index (χ0n) is 15.0. The van der Waals surface area contributed by atoms with Crippen LogP contribution in [0, 0.1) is 0 Å². The van der Waals surface area contributed by atoms with Gasteiger partial charge in [-0.2, -0.15) is 0 Å². The number of thioether (sulfide) groups is 2. The molecule has 5 heteroatoms. The largest absolute Gasteiger partial charge is 0.145 e. The summed E-state index contributed by atoms with van der Waals surface area (Å²) in [5, 5.41) is 5.49. The van der Waals surface area contributed by atoms with Crippen LogP contribution in [0.1, 0.15) is 90.9 Å². The summed E-state index contributed by atoms with van der Waals surface area (Å²) in [6.45, 7) is 4.55. The van der Waals surface area contributed by atoms with Gasteiger partial charge in [-0.15, -0.1) is 28.6 Å². The van der Waals surface area contributed by atoms with Crippen LogP contribution in [0.2, 0.25) is 0 Å². The second kappa shape index (κ2) is 15.8. The highest BCUT2D eigenvalue weighted by Gasteiger charge is 2.08. The normalized spacial score (nSPS) is 11.2. The van der Waals surface area contributed by atoms with E-state index in [0.717, 1.165) is 0 Å². The fraction of sp³-hybridized carbons (Fsp3) is 0.889. The Hall–Kier alpha value is 0.260. The minimum atomic E-state index is 1.18. The van der Waals surface area contributed by atoms with Crippen LogP contribution in [0.3, 0.4) is 0 Å². The van der Waals surface area contributed by atoms with Crippen LogP contribution >= 0.6 is 35.1 Å². The highest BCUT2D eigenvalue weighted by Crippen LogP contribution is 2.33. The maximum Gasteiger partial charge on any atom is 0.145 e. The van der Waals surface area contributed by atoms with Gasteiger partial charge in [0.05, 0.1) is 0 Å². The fourth-order valence-corrected chi connectivity index (χ4v) is 5.48. The predicted molar refractivity (Wildman–Crippen MR) is 108 cm³/mol. The van der Waals surface area contributed by atoms with Gasteiger partial charge in [-0.3, -0.25) is 0 Å². The number of rotatable bonds is 16. The standard InChI is InChI=1S/C18H34N2S3/c1-3-5-7-9-11-13-15-21-17-18(23-20-19-17)22-16-14-12-10-8-6-4-2/h3-16H2,1-2H3. The van der Waals surface area contributed by atoms with Gasteiger partial charge in [0, 0.05) is 0 Å². The van der Waals surface area contributed by atoms with E-state index in [-0.39, 0.29) is 0 Å². The van der Waals surface area contributed by atoms with E-state index in [0.29, 0.717) is 0 Å². The molecule has 0 spiro atoms. The third kappa shape index (κ3) is 11.4. The molecule has 1 rings (SSSR count). The van der Waals surface area contributed by atoms with Gasteiger partial charge in [-0.05, 0) is 35.9 Å². The lowest BCUT2D eigenvalue weighted by Gasteiger charge is -2.03. The predicted octanol–water partition coefficient (Wildman–Crippen LogP) is 7.44. The van der Waals surface area contributed by atoms with Crippen LogP contribution in [-0.2, 0) is 0 Å². The lowest BCUT2D eigenvalue weighted by atomic mass is 10.1. The van der Waals surface area contributed by atoms with Crippen LogP contribution in [0.4, 0.5) is 0 Å². The molecule has 0 unspecified atom stereocenters. The molecule has 23 heavy (non-hydrogen) atoms. The lowest BCUT2D eigenvalue weighted by Crippen LogP contribution is -1.85. The van der Waals surface area contributed by atoms with Crippen molar-refractivity contribution in [3.05, 3.63) is 0 Å². The van der Waals surface area contributed by atoms with Crippen LogP contribution in [-0.4, -0.2) is 21.1 Å². The topological polar surface area (TPSA) is 25.8 Å². The zero-order valence-corrected chi connectivity index (χ0v) is 17.5. The Morgan fingerprint density at radius 3 is 1.83 bits per heavy atom. The molecular weight excluding hydrogens is 340 g/mol. The number of hydrogen-bond acceptors (Lipinski definition) is 5. The molecule has 0 atom stereocenters. The summed E-state index contributed by atoms with van der Waals surface area (Å²) in [6.07, 6.45) is 16.4. The molecule has 134 valence electrons. The van der Waals surface area contributed by atoms with Gasteiger partial charge >= 0.3 is 0 Å². The SMILES string of the molecule is CCCCCCCCSc1nnsc1SCCCCCCCC. The van der Waals surface area contributed by atoms with Crippen molar-refractivity contribution in [1.29, 1.82) is 0 Å². The number of unbranched alkanes of at least 4 members (excludes halogenated alkanes) is 10. The average molecular weight is 375 g/mol. The summed E-state index contributed by atoms with van der Waals surface area (Å²) in [7, 11) is 0. The van der Waals surface area contributed by atoms with Gasteiger partial charge < -0.3 is 0 Å². The van der Waals surface area contributed by atoms with Crippen LogP contribution in [0.25, 0.3) is 0 Å². The Bertz CT molecular complexity index is 336. The van der Waals surface area contributed by atoms with Crippen LogP contribution < -0.4 is 0 Å². The third-order valence-corrected chi connectivity index (χ3v) is 7.26. The monoisotopic (exact) mass is 374 g/mol. The lowest BCUT2D eigenvalue weighted by molar-refractivity contribution is 0.626. The Labute approximate surface area is 156 Å². The number of hydrogen-bond donors (Lipinski definition) is 0. The van der Waals surface area contributed by atoms with E-state index >= 15 is 0 Å². The second-order valence-corrected chi connectivity index (χ2v) is 9.30. The fourth-order valence-electron chi connectivity index (χ4n) is 2.45. The van der Waals surface area contributed by atoms with E-state index in [1.807, 2.05) is 23.5 Å². The van der Waals surface area contributed by atoms with Crippen molar-refractivity contribution in [3.8, 4) is 0 Å². The van der Waals surface area contributed by atoms with Gasteiger partial charge in [0.2, 0.25) is 0 Å². The first-order valence-electron chi connectivity index (χ1n) is 9.46. The molecular formula is C18H34N2S3. The molecule has 0 N–H and O–H groups in total. The van der Waals surface area contributed by atoms with Gasteiger partial charge in [0.25, 0.3) is 0 Å². The Kier molecular flexibility index (Phi) is 14.6. The first-order chi connectivity index (χ1) is 11.4.